The van der Waals surface area contributed by atoms with Crippen molar-refractivity contribution >= 4 is 17.7 Å². The Labute approximate surface area is 101 Å². The molecule has 0 saturated heterocycles. The van der Waals surface area contributed by atoms with Crippen molar-refractivity contribution in [1.82, 2.24) is 15.5 Å². The van der Waals surface area contributed by atoms with Crippen molar-refractivity contribution in [1.29, 1.82) is 0 Å². The van der Waals surface area contributed by atoms with E-state index >= 15 is 0 Å². The van der Waals surface area contributed by atoms with Crippen LogP contribution in [0.2, 0.25) is 0 Å². The molecule has 1 heterocycles. The van der Waals surface area contributed by atoms with Gasteiger partial charge in [0.2, 0.25) is 0 Å². The van der Waals surface area contributed by atoms with Crippen molar-refractivity contribution in [3.63, 3.8) is 0 Å². The molecule has 0 unspecified atom stereocenters. The third-order valence-corrected chi connectivity index (χ3v) is 3.02. The first-order valence-corrected chi connectivity index (χ1v) is 6.08. The highest BCUT2D eigenvalue weighted by atomic mass is 16.2. The molecule has 6 nitrogen and oxygen atoms in total. The van der Waals surface area contributed by atoms with E-state index in [1.165, 1.54) is 19.3 Å². The normalized spacial score (nSPS) is 16.5. The van der Waals surface area contributed by atoms with Gasteiger partial charge in [-0.3, -0.25) is 10.4 Å². The predicted octanol–water partition coefficient (Wildman–Crippen LogP) is 1.91. The number of carbonyl (C=O) groups excluding carboxylic acids is 1. The van der Waals surface area contributed by atoms with Gasteiger partial charge >= 0.3 is 6.03 Å². The minimum atomic E-state index is -0.164. The van der Waals surface area contributed by atoms with E-state index in [9.17, 15) is 4.79 Å². The van der Waals surface area contributed by atoms with Gasteiger partial charge in [0.05, 0.1) is 0 Å². The molecule has 6 heteroatoms. The second-order valence-electron chi connectivity index (χ2n) is 4.35. The molecule has 0 aromatic carbocycles. The number of aromatic nitrogens is 2. The van der Waals surface area contributed by atoms with Gasteiger partial charge < -0.3 is 10.6 Å². The summed E-state index contributed by atoms with van der Waals surface area (Å²) in [6.07, 6.45) is 5.86. The molecule has 0 atom stereocenters. The second-order valence-corrected chi connectivity index (χ2v) is 4.35. The molecular weight excluding hydrogens is 218 g/mol. The molecule has 1 saturated carbocycles. The molecule has 1 aromatic rings. The molecule has 17 heavy (non-hydrogen) atoms. The van der Waals surface area contributed by atoms with Crippen molar-refractivity contribution in [3.8, 4) is 0 Å². The largest absolute Gasteiger partial charge is 0.372 e. The fraction of sp³-hybridized carbons (Fsp3) is 0.636. The van der Waals surface area contributed by atoms with Gasteiger partial charge in [-0.1, -0.05) is 19.3 Å². The van der Waals surface area contributed by atoms with Gasteiger partial charge in [0, 0.05) is 19.2 Å². The van der Waals surface area contributed by atoms with E-state index in [0.29, 0.717) is 17.7 Å². The molecule has 1 aromatic heterocycles. The smallest absolute Gasteiger partial charge is 0.320 e. The standard InChI is InChI=1S/C11H19N5O/c1-12-9-7-10(16-15-9)14-11(17)13-8-5-3-2-4-6-8/h7-8H,2-6H2,1H3,(H4,12,13,14,15,16,17). The number of H-pyrrole nitrogens is 1. The Morgan fingerprint density at radius 2 is 2.18 bits per heavy atom. The molecule has 2 amide bonds. The summed E-state index contributed by atoms with van der Waals surface area (Å²) in [5, 5.41) is 15.3. The first kappa shape index (κ1) is 11.8. The summed E-state index contributed by atoms with van der Waals surface area (Å²) in [6.45, 7) is 0. The predicted molar refractivity (Wildman–Crippen MR) is 67.2 cm³/mol. The molecule has 2 rings (SSSR count). The zero-order chi connectivity index (χ0) is 12.1. The molecule has 1 fully saturated rings. The van der Waals surface area contributed by atoms with Crippen LogP contribution in [0.25, 0.3) is 0 Å². The Bertz CT molecular complexity index is 370. The summed E-state index contributed by atoms with van der Waals surface area (Å²) in [5.41, 5.74) is 0. The first-order chi connectivity index (χ1) is 8.28. The van der Waals surface area contributed by atoms with Gasteiger partial charge in [0.1, 0.15) is 11.6 Å². The van der Waals surface area contributed by atoms with Crippen LogP contribution in [-0.4, -0.2) is 29.3 Å². The highest BCUT2D eigenvalue weighted by Gasteiger charge is 2.15. The van der Waals surface area contributed by atoms with Crippen LogP contribution < -0.4 is 16.0 Å². The summed E-state index contributed by atoms with van der Waals surface area (Å²) < 4.78 is 0. The fourth-order valence-electron chi connectivity index (χ4n) is 2.10. The monoisotopic (exact) mass is 237 g/mol. The number of hydrogen-bond donors (Lipinski definition) is 4. The number of anilines is 2. The summed E-state index contributed by atoms with van der Waals surface area (Å²) >= 11 is 0. The first-order valence-electron chi connectivity index (χ1n) is 6.08. The van der Waals surface area contributed by atoms with E-state index in [4.69, 9.17) is 0 Å². The number of aromatic amines is 1. The maximum Gasteiger partial charge on any atom is 0.320 e. The topological polar surface area (TPSA) is 81.8 Å². The number of amides is 2. The number of rotatable bonds is 3. The van der Waals surface area contributed by atoms with E-state index in [0.717, 1.165) is 12.8 Å². The molecule has 0 aliphatic heterocycles. The van der Waals surface area contributed by atoms with E-state index < -0.39 is 0 Å². The summed E-state index contributed by atoms with van der Waals surface area (Å²) in [7, 11) is 1.78. The van der Waals surface area contributed by atoms with Crippen LogP contribution >= 0.6 is 0 Å². The van der Waals surface area contributed by atoms with Crippen LogP contribution in [0, 0.1) is 0 Å². The number of urea groups is 1. The Morgan fingerprint density at radius 1 is 1.41 bits per heavy atom. The van der Waals surface area contributed by atoms with Gasteiger partial charge in [0.15, 0.2) is 0 Å². The zero-order valence-corrected chi connectivity index (χ0v) is 10.0. The van der Waals surface area contributed by atoms with Crippen LogP contribution in [0.15, 0.2) is 6.07 Å². The minimum Gasteiger partial charge on any atom is -0.372 e. The number of carbonyl (C=O) groups is 1. The molecule has 0 spiro atoms. The molecule has 0 bridgehead atoms. The Kier molecular flexibility index (Phi) is 3.85. The molecule has 94 valence electrons. The number of hydrogen-bond acceptors (Lipinski definition) is 3. The van der Waals surface area contributed by atoms with Gasteiger partial charge in [-0.15, -0.1) is 0 Å². The summed E-state index contributed by atoms with van der Waals surface area (Å²) in [5.74, 6) is 1.31. The zero-order valence-electron chi connectivity index (χ0n) is 10.0. The van der Waals surface area contributed by atoms with Gasteiger partial charge in [-0.05, 0) is 12.8 Å². The third kappa shape index (κ3) is 3.37. The lowest BCUT2D eigenvalue weighted by molar-refractivity contribution is 0.244. The second kappa shape index (κ2) is 5.56. The van der Waals surface area contributed by atoms with E-state index in [2.05, 4.69) is 26.1 Å². The maximum absolute atomic E-state index is 11.7. The SMILES string of the molecule is CNc1cc(NC(=O)NC2CCCCC2)[nH]n1. The van der Waals surface area contributed by atoms with Crippen molar-refractivity contribution in [3.05, 3.63) is 6.07 Å². The molecular formula is C11H19N5O. The number of nitrogens with zero attached hydrogens (tertiary/aromatic N) is 1. The fourth-order valence-corrected chi connectivity index (χ4v) is 2.10. The Balaban J connectivity index is 1.79. The molecule has 0 radical (unpaired) electrons. The Morgan fingerprint density at radius 3 is 2.82 bits per heavy atom. The van der Waals surface area contributed by atoms with Crippen LogP contribution in [0.1, 0.15) is 32.1 Å². The van der Waals surface area contributed by atoms with E-state index in [1.54, 1.807) is 13.1 Å². The van der Waals surface area contributed by atoms with Gasteiger partial charge in [-0.25, -0.2) is 4.79 Å². The molecule has 1 aliphatic carbocycles. The summed E-state index contributed by atoms with van der Waals surface area (Å²) in [4.78, 5) is 11.7. The minimum absolute atomic E-state index is 0.164. The summed E-state index contributed by atoms with van der Waals surface area (Å²) in [6, 6.07) is 1.90. The maximum atomic E-state index is 11.7. The van der Waals surface area contributed by atoms with Gasteiger partial charge in [0.25, 0.3) is 0 Å². The lowest BCUT2D eigenvalue weighted by Gasteiger charge is -2.22. The van der Waals surface area contributed by atoms with Crippen LogP contribution in [-0.2, 0) is 0 Å². The number of nitrogens with one attached hydrogen (secondary N) is 4. The quantitative estimate of drug-likeness (QED) is 0.648. The van der Waals surface area contributed by atoms with Crippen molar-refractivity contribution < 1.29 is 4.79 Å². The van der Waals surface area contributed by atoms with E-state index in [-0.39, 0.29) is 6.03 Å². The lowest BCUT2D eigenvalue weighted by atomic mass is 9.96. The highest BCUT2D eigenvalue weighted by Crippen LogP contribution is 2.17. The van der Waals surface area contributed by atoms with Crippen molar-refractivity contribution in [2.45, 2.75) is 38.1 Å². The van der Waals surface area contributed by atoms with Crippen molar-refractivity contribution in [2.24, 2.45) is 0 Å². The Hall–Kier alpha value is -1.72. The average molecular weight is 237 g/mol. The van der Waals surface area contributed by atoms with Crippen LogP contribution in [0.4, 0.5) is 16.4 Å². The lowest BCUT2D eigenvalue weighted by Crippen LogP contribution is -2.39. The van der Waals surface area contributed by atoms with Gasteiger partial charge in [-0.2, -0.15) is 5.10 Å². The third-order valence-electron chi connectivity index (χ3n) is 3.02. The van der Waals surface area contributed by atoms with Crippen LogP contribution in [0.3, 0.4) is 0 Å². The highest BCUT2D eigenvalue weighted by molar-refractivity contribution is 5.88. The molecule has 1 aliphatic rings. The van der Waals surface area contributed by atoms with Crippen LogP contribution in [0.5, 0.6) is 0 Å². The van der Waals surface area contributed by atoms with Crippen molar-refractivity contribution in [2.75, 3.05) is 17.7 Å². The van der Waals surface area contributed by atoms with E-state index in [1.807, 2.05) is 0 Å². The molecule has 4 N–H and O–H groups in total. The average Bonchev–Trinajstić information content (AvgIpc) is 2.78.